The molecular formula is C7H6FNO2. The van der Waals surface area contributed by atoms with Crippen molar-refractivity contribution in [3.63, 3.8) is 0 Å². The third-order valence-electron chi connectivity index (χ3n) is 1.11. The van der Waals surface area contributed by atoms with E-state index in [2.05, 4.69) is 4.98 Å². The molecule has 0 saturated heterocycles. The van der Waals surface area contributed by atoms with Crippen LogP contribution >= 0.6 is 0 Å². The molecule has 0 saturated carbocycles. The van der Waals surface area contributed by atoms with E-state index >= 15 is 0 Å². The van der Waals surface area contributed by atoms with Crippen molar-refractivity contribution in [2.45, 2.75) is 0 Å². The van der Waals surface area contributed by atoms with Crippen LogP contribution in [0.2, 0.25) is 0 Å². The fourth-order valence-electron chi connectivity index (χ4n) is 0.632. The Morgan fingerprint density at radius 1 is 1.73 bits per heavy atom. The van der Waals surface area contributed by atoms with Gasteiger partial charge in [-0.05, 0) is 12.1 Å². The first kappa shape index (κ1) is 7.53. The summed E-state index contributed by atoms with van der Waals surface area (Å²) >= 11 is 0. The van der Waals surface area contributed by atoms with Crippen molar-refractivity contribution in [2.75, 3.05) is 0 Å². The van der Waals surface area contributed by atoms with Gasteiger partial charge in [0.1, 0.15) is 0 Å². The van der Waals surface area contributed by atoms with Crippen LogP contribution in [0.15, 0.2) is 24.2 Å². The highest BCUT2D eigenvalue weighted by molar-refractivity contribution is 5.89. The Hall–Kier alpha value is -1.58. The van der Waals surface area contributed by atoms with Crippen molar-refractivity contribution in [1.82, 2.24) is 4.98 Å². The van der Waals surface area contributed by atoms with Gasteiger partial charge in [-0.2, -0.15) is 4.39 Å². The molecule has 0 aliphatic heterocycles. The van der Waals surface area contributed by atoms with Gasteiger partial charge in [-0.25, -0.2) is 4.79 Å². The SMILES string of the molecule is O=C(O)/C(F)=C/c1ccc[nH]1. The number of hydrogen-bond donors (Lipinski definition) is 2. The number of aromatic nitrogens is 1. The topological polar surface area (TPSA) is 53.1 Å². The first-order chi connectivity index (χ1) is 5.20. The van der Waals surface area contributed by atoms with Crippen LogP contribution in [-0.4, -0.2) is 16.1 Å². The Labute approximate surface area is 62.2 Å². The van der Waals surface area contributed by atoms with Crippen molar-refractivity contribution >= 4 is 12.0 Å². The van der Waals surface area contributed by atoms with Crippen LogP contribution in [0, 0.1) is 0 Å². The quantitative estimate of drug-likeness (QED) is 0.634. The summed E-state index contributed by atoms with van der Waals surface area (Å²) in [5.41, 5.74) is 0.435. The predicted molar refractivity (Wildman–Crippen MR) is 37.5 cm³/mol. The number of halogens is 1. The van der Waals surface area contributed by atoms with Crippen molar-refractivity contribution in [3.8, 4) is 0 Å². The van der Waals surface area contributed by atoms with E-state index in [1.165, 1.54) is 0 Å². The lowest BCUT2D eigenvalue weighted by Gasteiger charge is -1.86. The van der Waals surface area contributed by atoms with Gasteiger partial charge in [-0.3, -0.25) is 0 Å². The second-order valence-electron chi connectivity index (χ2n) is 1.92. The summed E-state index contributed by atoms with van der Waals surface area (Å²) in [4.78, 5) is 12.6. The van der Waals surface area contributed by atoms with Crippen molar-refractivity contribution < 1.29 is 14.3 Å². The fourth-order valence-corrected chi connectivity index (χ4v) is 0.632. The van der Waals surface area contributed by atoms with Crippen LogP contribution in [0.3, 0.4) is 0 Å². The second-order valence-corrected chi connectivity index (χ2v) is 1.92. The lowest BCUT2D eigenvalue weighted by atomic mass is 10.4. The number of carboxylic acid groups (broad SMARTS) is 1. The number of rotatable bonds is 2. The van der Waals surface area contributed by atoms with Gasteiger partial charge in [0.05, 0.1) is 0 Å². The van der Waals surface area contributed by atoms with E-state index in [1.54, 1.807) is 18.3 Å². The third kappa shape index (κ3) is 1.93. The minimum atomic E-state index is -1.56. The Morgan fingerprint density at radius 2 is 2.45 bits per heavy atom. The molecule has 0 amide bonds. The fraction of sp³-hybridized carbons (Fsp3) is 0. The summed E-state index contributed by atoms with van der Waals surface area (Å²) in [5.74, 6) is -2.73. The van der Waals surface area contributed by atoms with Gasteiger partial charge in [-0.1, -0.05) is 0 Å². The van der Waals surface area contributed by atoms with E-state index in [0.717, 1.165) is 6.08 Å². The second kappa shape index (κ2) is 3.01. The summed E-state index contributed by atoms with van der Waals surface area (Å²) < 4.78 is 12.3. The van der Waals surface area contributed by atoms with E-state index in [9.17, 15) is 9.18 Å². The standard InChI is InChI=1S/C7H6FNO2/c8-6(7(10)11)4-5-2-1-3-9-5/h1-4,9H,(H,10,11)/b6-4-. The third-order valence-corrected chi connectivity index (χ3v) is 1.11. The molecule has 0 fully saturated rings. The smallest absolute Gasteiger partial charge is 0.364 e. The van der Waals surface area contributed by atoms with Crippen LogP contribution in [-0.2, 0) is 4.79 Å². The summed E-state index contributed by atoms with van der Waals surface area (Å²) in [5, 5.41) is 8.12. The monoisotopic (exact) mass is 155 g/mol. The summed E-state index contributed by atoms with van der Waals surface area (Å²) in [6, 6.07) is 3.23. The zero-order valence-electron chi connectivity index (χ0n) is 5.54. The van der Waals surface area contributed by atoms with E-state index in [1.807, 2.05) is 0 Å². The molecule has 0 radical (unpaired) electrons. The Kier molecular flexibility index (Phi) is 2.06. The number of aromatic amines is 1. The average Bonchev–Trinajstić information content (AvgIpc) is 2.39. The molecule has 1 aromatic rings. The largest absolute Gasteiger partial charge is 0.476 e. The van der Waals surface area contributed by atoms with Crippen molar-refractivity contribution in [2.24, 2.45) is 0 Å². The van der Waals surface area contributed by atoms with E-state index in [-0.39, 0.29) is 0 Å². The number of carboxylic acids is 1. The predicted octanol–water partition coefficient (Wildman–Crippen LogP) is 1.41. The van der Waals surface area contributed by atoms with Crippen LogP contribution in [0.5, 0.6) is 0 Å². The Balaban J connectivity index is 2.82. The lowest BCUT2D eigenvalue weighted by Crippen LogP contribution is -1.93. The molecule has 0 aliphatic rings. The number of aliphatic carboxylic acids is 1. The van der Waals surface area contributed by atoms with E-state index < -0.39 is 11.8 Å². The van der Waals surface area contributed by atoms with Crippen molar-refractivity contribution in [1.29, 1.82) is 0 Å². The zero-order valence-corrected chi connectivity index (χ0v) is 5.54. The van der Waals surface area contributed by atoms with Crippen LogP contribution < -0.4 is 0 Å². The maximum absolute atomic E-state index is 12.3. The summed E-state index contributed by atoms with van der Waals surface area (Å²) in [7, 11) is 0. The number of H-pyrrole nitrogens is 1. The minimum Gasteiger partial charge on any atom is -0.476 e. The maximum Gasteiger partial charge on any atom is 0.364 e. The van der Waals surface area contributed by atoms with Gasteiger partial charge in [-0.15, -0.1) is 0 Å². The van der Waals surface area contributed by atoms with Crippen LogP contribution in [0.25, 0.3) is 6.08 Å². The molecule has 11 heavy (non-hydrogen) atoms. The maximum atomic E-state index is 12.3. The summed E-state index contributed by atoms with van der Waals surface area (Å²) in [6.45, 7) is 0. The molecule has 0 atom stereocenters. The highest BCUT2D eigenvalue weighted by Gasteiger charge is 2.04. The van der Waals surface area contributed by atoms with E-state index in [4.69, 9.17) is 5.11 Å². The molecule has 0 spiro atoms. The Bertz CT molecular complexity index is 277. The highest BCUT2D eigenvalue weighted by atomic mass is 19.1. The first-order valence-electron chi connectivity index (χ1n) is 2.94. The zero-order chi connectivity index (χ0) is 8.27. The average molecular weight is 155 g/mol. The van der Waals surface area contributed by atoms with E-state index in [0.29, 0.717) is 5.69 Å². The molecule has 0 aliphatic carbocycles. The molecule has 0 aromatic carbocycles. The minimum absolute atomic E-state index is 0.435. The summed E-state index contributed by atoms with van der Waals surface area (Å²) in [6.07, 6.45) is 2.50. The van der Waals surface area contributed by atoms with Gasteiger partial charge in [0.2, 0.25) is 5.83 Å². The molecule has 1 aromatic heterocycles. The van der Waals surface area contributed by atoms with Crippen LogP contribution in [0.4, 0.5) is 4.39 Å². The van der Waals surface area contributed by atoms with Gasteiger partial charge in [0, 0.05) is 18.0 Å². The van der Waals surface area contributed by atoms with Gasteiger partial charge < -0.3 is 10.1 Å². The van der Waals surface area contributed by atoms with Gasteiger partial charge in [0.15, 0.2) is 0 Å². The number of carbonyl (C=O) groups is 1. The number of hydrogen-bond acceptors (Lipinski definition) is 1. The normalized spacial score (nSPS) is 11.5. The number of nitrogens with one attached hydrogen (secondary N) is 1. The molecule has 4 heteroatoms. The molecule has 0 bridgehead atoms. The first-order valence-corrected chi connectivity index (χ1v) is 2.94. The van der Waals surface area contributed by atoms with Gasteiger partial charge >= 0.3 is 5.97 Å². The molecule has 58 valence electrons. The lowest BCUT2D eigenvalue weighted by molar-refractivity contribution is -0.134. The molecular weight excluding hydrogens is 149 g/mol. The van der Waals surface area contributed by atoms with Gasteiger partial charge in [0.25, 0.3) is 0 Å². The molecule has 1 rings (SSSR count). The molecule has 1 heterocycles. The molecule has 0 unspecified atom stereocenters. The Morgan fingerprint density at radius 3 is 2.91 bits per heavy atom. The van der Waals surface area contributed by atoms with Crippen LogP contribution in [0.1, 0.15) is 5.69 Å². The highest BCUT2D eigenvalue weighted by Crippen LogP contribution is 2.04. The van der Waals surface area contributed by atoms with Crippen molar-refractivity contribution in [3.05, 3.63) is 29.9 Å². The molecule has 3 nitrogen and oxygen atoms in total. The molecule has 2 N–H and O–H groups in total.